The van der Waals surface area contributed by atoms with Crippen molar-refractivity contribution in [3.05, 3.63) is 23.8 Å². The van der Waals surface area contributed by atoms with Crippen LogP contribution in [0.5, 0.6) is 0 Å². The van der Waals surface area contributed by atoms with Gasteiger partial charge in [0.1, 0.15) is 0 Å². The highest BCUT2D eigenvalue weighted by Crippen LogP contribution is 2.64. The van der Waals surface area contributed by atoms with Crippen molar-refractivity contribution in [2.24, 2.45) is 35.0 Å². The molecular weight excluding hydrogens is 292 g/mol. The van der Waals surface area contributed by atoms with E-state index in [4.69, 9.17) is 0 Å². The maximum Gasteiger partial charge on any atom is 0.155 e. The lowest BCUT2D eigenvalue weighted by Crippen LogP contribution is -2.46. The van der Waals surface area contributed by atoms with Gasteiger partial charge in [-0.15, -0.1) is 0 Å². The lowest BCUT2D eigenvalue weighted by Gasteiger charge is -2.54. The molecule has 4 aliphatic carbocycles. The molecule has 0 N–H and O–H groups in total. The van der Waals surface area contributed by atoms with Gasteiger partial charge in [0.05, 0.1) is 0 Å². The van der Waals surface area contributed by atoms with Gasteiger partial charge in [-0.2, -0.15) is 0 Å². The fourth-order valence-electron chi connectivity index (χ4n) is 7.35. The Labute approximate surface area is 148 Å². The summed E-state index contributed by atoms with van der Waals surface area (Å²) in [6.07, 6.45) is 14.6. The van der Waals surface area contributed by atoms with Crippen LogP contribution in [0.15, 0.2) is 23.8 Å². The van der Waals surface area contributed by atoms with Crippen LogP contribution in [0.25, 0.3) is 0 Å². The summed E-state index contributed by atoms with van der Waals surface area (Å²) in [5, 5.41) is 0. The van der Waals surface area contributed by atoms with Crippen molar-refractivity contribution >= 4 is 5.78 Å². The number of fused-ring (bicyclic) bond motifs is 5. The van der Waals surface area contributed by atoms with Gasteiger partial charge >= 0.3 is 0 Å². The first-order valence-electron chi connectivity index (χ1n) is 10.5. The van der Waals surface area contributed by atoms with Crippen molar-refractivity contribution in [2.45, 2.75) is 78.1 Å². The first-order chi connectivity index (χ1) is 11.5. The standard InChI is InChI=1S/C23H34O/c1-4-5-15(2)21-10-11-22-20-8-6-16-14-17(24)7-9-18(16)19(20)12-13-23(21,22)3/h14,18-22H,2,4-13H2,1,3H3/t18-,19+,20+,21+,22-,23+/m0/s1. The summed E-state index contributed by atoms with van der Waals surface area (Å²) in [5.41, 5.74) is 3.57. The zero-order chi connectivity index (χ0) is 16.9. The third kappa shape index (κ3) is 2.45. The monoisotopic (exact) mass is 326 g/mol. The Kier molecular flexibility index (Phi) is 4.25. The number of carbonyl (C=O) groups excluding carboxylic acids is 1. The largest absolute Gasteiger partial charge is 0.295 e. The Hall–Kier alpha value is -0.850. The van der Waals surface area contributed by atoms with Crippen LogP contribution in [-0.4, -0.2) is 5.78 Å². The quantitative estimate of drug-likeness (QED) is 0.573. The van der Waals surface area contributed by atoms with Crippen molar-refractivity contribution in [3.8, 4) is 0 Å². The van der Waals surface area contributed by atoms with E-state index in [2.05, 4.69) is 20.4 Å². The molecule has 1 nitrogen and oxygen atoms in total. The van der Waals surface area contributed by atoms with Crippen molar-refractivity contribution in [2.75, 3.05) is 0 Å². The molecule has 0 radical (unpaired) electrons. The molecule has 3 saturated carbocycles. The predicted octanol–water partition coefficient (Wildman–Crippen LogP) is 6.10. The molecule has 4 aliphatic rings. The molecule has 6 atom stereocenters. The summed E-state index contributed by atoms with van der Waals surface area (Å²) < 4.78 is 0. The number of ketones is 1. The van der Waals surface area contributed by atoms with E-state index >= 15 is 0 Å². The van der Waals surface area contributed by atoms with Crippen molar-refractivity contribution in [1.29, 1.82) is 0 Å². The lowest BCUT2D eigenvalue weighted by molar-refractivity contribution is -0.116. The molecule has 0 spiro atoms. The van der Waals surface area contributed by atoms with Crippen LogP contribution in [0.4, 0.5) is 0 Å². The molecular formula is C23H34O. The maximum atomic E-state index is 11.8. The van der Waals surface area contributed by atoms with Crippen LogP contribution < -0.4 is 0 Å². The molecule has 0 aliphatic heterocycles. The molecule has 4 rings (SSSR count). The maximum absolute atomic E-state index is 11.8. The van der Waals surface area contributed by atoms with E-state index in [1.54, 1.807) is 5.57 Å². The lowest BCUT2D eigenvalue weighted by atomic mass is 9.51. The van der Waals surface area contributed by atoms with Gasteiger partial charge in [0.2, 0.25) is 0 Å². The normalized spacial score (nSPS) is 44.3. The molecule has 0 aromatic rings. The summed E-state index contributed by atoms with van der Waals surface area (Å²) >= 11 is 0. The average molecular weight is 327 g/mol. The smallest absolute Gasteiger partial charge is 0.155 e. The molecule has 0 unspecified atom stereocenters. The topological polar surface area (TPSA) is 17.1 Å². The SMILES string of the molecule is C=C(CCC)[C@H]1CC[C@H]2[C@@H]3CCC4=CC(=O)CC[C@@H]4[C@H]3CC[C@]12C. The van der Waals surface area contributed by atoms with Gasteiger partial charge in [0, 0.05) is 6.42 Å². The van der Waals surface area contributed by atoms with Crippen LogP contribution in [-0.2, 0) is 4.79 Å². The Balaban J connectivity index is 1.57. The molecule has 1 heteroatoms. The second-order valence-electron chi connectivity index (χ2n) is 9.39. The van der Waals surface area contributed by atoms with E-state index in [-0.39, 0.29) is 0 Å². The molecule has 132 valence electrons. The van der Waals surface area contributed by atoms with Gasteiger partial charge in [0.25, 0.3) is 0 Å². The molecule has 0 aromatic carbocycles. The van der Waals surface area contributed by atoms with Crippen LogP contribution in [0.2, 0.25) is 0 Å². The van der Waals surface area contributed by atoms with E-state index < -0.39 is 0 Å². The summed E-state index contributed by atoms with van der Waals surface area (Å²) in [6.45, 7) is 9.38. The molecule has 0 bridgehead atoms. The van der Waals surface area contributed by atoms with Gasteiger partial charge < -0.3 is 0 Å². The molecule has 3 fully saturated rings. The van der Waals surface area contributed by atoms with Gasteiger partial charge in [-0.05, 0) is 92.4 Å². The predicted molar refractivity (Wildman–Crippen MR) is 99.6 cm³/mol. The molecule has 24 heavy (non-hydrogen) atoms. The minimum absolute atomic E-state index is 0.386. The summed E-state index contributed by atoms with van der Waals surface area (Å²) in [6, 6.07) is 0. The van der Waals surface area contributed by atoms with E-state index in [1.807, 2.05) is 6.08 Å². The molecule has 0 aromatic heterocycles. The van der Waals surface area contributed by atoms with E-state index in [0.717, 1.165) is 42.4 Å². The van der Waals surface area contributed by atoms with Gasteiger partial charge in [-0.25, -0.2) is 0 Å². The van der Waals surface area contributed by atoms with E-state index in [0.29, 0.717) is 11.2 Å². The first-order valence-corrected chi connectivity index (χ1v) is 10.5. The summed E-state index contributed by atoms with van der Waals surface area (Å²) in [4.78, 5) is 11.8. The zero-order valence-corrected chi connectivity index (χ0v) is 15.7. The van der Waals surface area contributed by atoms with Crippen LogP contribution >= 0.6 is 0 Å². The minimum Gasteiger partial charge on any atom is -0.295 e. The third-order valence-electron chi connectivity index (χ3n) is 8.36. The number of carbonyl (C=O) groups is 1. The van der Waals surface area contributed by atoms with Crippen molar-refractivity contribution in [1.82, 2.24) is 0 Å². The molecule has 0 saturated heterocycles. The number of hydrogen-bond acceptors (Lipinski definition) is 1. The van der Waals surface area contributed by atoms with E-state index in [1.165, 1.54) is 56.9 Å². The minimum atomic E-state index is 0.386. The van der Waals surface area contributed by atoms with Crippen molar-refractivity contribution in [3.63, 3.8) is 0 Å². The van der Waals surface area contributed by atoms with E-state index in [9.17, 15) is 4.79 Å². The highest BCUT2D eigenvalue weighted by molar-refractivity contribution is 5.91. The van der Waals surface area contributed by atoms with Crippen molar-refractivity contribution < 1.29 is 4.79 Å². The second kappa shape index (κ2) is 6.15. The third-order valence-corrected chi connectivity index (χ3v) is 8.36. The average Bonchev–Trinajstić information content (AvgIpc) is 2.92. The highest BCUT2D eigenvalue weighted by Gasteiger charge is 2.56. The number of allylic oxidation sites excluding steroid dienone is 2. The highest BCUT2D eigenvalue weighted by atomic mass is 16.1. The summed E-state index contributed by atoms with van der Waals surface area (Å²) in [5.74, 6) is 4.59. The zero-order valence-electron chi connectivity index (χ0n) is 15.7. The first kappa shape index (κ1) is 16.6. The van der Waals surface area contributed by atoms with Gasteiger partial charge in [-0.3, -0.25) is 4.79 Å². The summed E-state index contributed by atoms with van der Waals surface area (Å²) in [7, 11) is 0. The van der Waals surface area contributed by atoms with Gasteiger partial charge in [0.15, 0.2) is 5.78 Å². The Morgan fingerprint density at radius 1 is 1.17 bits per heavy atom. The van der Waals surface area contributed by atoms with Crippen LogP contribution in [0.3, 0.4) is 0 Å². The number of rotatable bonds is 3. The Bertz CT molecular complexity index is 571. The molecule has 0 heterocycles. The Morgan fingerprint density at radius 3 is 2.79 bits per heavy atom. The van der Waals surface area contributed by atoms with Gasteiger partial charge in [-0.1, -0.05) is 38.0 Å². The fraction of sp³-hybridized carbons (Fsp3) is 0.783. The second-order valence-corrected chi connectivity index (χ2v) is 9.39. The Morgan fingerprint density at radius 2 is 2.00 bits per heavy atom. The van der Waals surface area contributed by atoms with Crippen LogP contribution in [0, 0.1) is 35.0 Å². The number of hydrogen-bond donors (Lipinski definition) is 0. The van der Waals surface area contributed by atoms with Crippen LogP contribution in [0.1, 0.15) is 78.1 Å². The fourth-order valence-corrected chi connectivity index (χ4v) is 7.35. The molecule has 0 amide bonds.